The minimum atomic E-state index is -1.60. The Morgan fingerprint density at radius 2 is 1.65 bits per heavy atom. The van der Waals surface area contributed by atoms with Gasteiger partial charge >= 0.3 is 0 Å². The summed E-state index contributed by atoms with van der Waals surface area (Å²) >= 11 is 0. The third-order valence-electron chi connectivity index (χ3n) is 3.19. The van der Waals surface area contributed by atoms with Crippen LogP contribution in [0.2, 0.25) is 0 Å². The zero-order valence-corrected chi connectivity index (χ0v) is 10.8. The van der Waals surface area contributed by atoms with Crippen LogP contribution in [0.25, 0.3) is 0 Å². The Bertz CT molecular complexity index is 476. The van der Waals surface area contributed by atoms with Gasteiger partial charge in [-0.1, -0.05) is 0 Å². The first-order valence-corrected chi connectivity index (χ1v) is 6.15. The summed E-state index contributed by atoms with van der Waals surface area (Å²) in [5.41, 5.74) is 1.07. The van der Waals surface area contributed by atoms with E-state index in [4.69, 9.17) is 4.74 Å². The number of aliphatic hydroxyl groups excluding tert-OH is 4. The number of rotatable bonds is 3. The van der Waals surface area contributed by atoms with Crippen molar-refractivity contribution in [2.75, 3.05) is 5.32 Å². The summed E-state index contributed by atoms with van der Waals surface area (Å²) in [5, 5.41) is 40.8. The molecular formula is C13H17NO6. The molecular weight excluding hydrogens is 266 g/mol. The summed E-state index contributed by atoms with van der Waals surface area (Å²) in [7, 11) is 0. The zero-order chi connectivity index (χ0) is 14.9. The molecule has 7 heteroatoms. The number of anilines is 1. The molecule has 1 aliphatic heterocycles. The standard InChI is InChI=1S/C13H17NO6/c1-6(15)7-2-4-8(5-3-7)14-12-10(17)9(16)11(18)13(19)20-12/h2-5,9-14,16-19H,1H3/t9-,10+,11-,12-,13+/m1/s1. The molecule has 0 aromatic heterocycles. The third kappa shape index (κ3) is 2.97. The van der Waals surface area contributed by atoms with Crippen LogP contribution in [0.1, 0.15) is 17.3 Å². The molecule has 0 unspecified atom stereocenters. The van der Waals surface area contributed by atoms with Crippen molar-refractivity contribution in [2.45, 2.75) is 37.8 Å². The van der Waals surface area contributed by atoms with Gasteiger partial charge in [0, 0.05) is 11.3 Å². The minimum Gasteiger partial charge on any atom is -0.387 e. The fourth-order valence-electron chi connectivity index (χ4n) is 1.95. The van der Waals surface area contributed by atoms with Gasteiger partial charge < -0.3 is 30.5 Å². The molecule has 5 N–H and O–H groups in total. The van der Waals surface area contributed by atoms with Crippen molar-refractivity contribution < 1.29 is 30.0 Å². The molecule has 5 atom stereocenters. The van der Waals surface area contributed by atoms with Gasteiger partial charge in [0.15, 0.2) is 18.3 Å². The van der Waals surface area contributed by atoms with Crippen LogP contribution in [0.5, 0.6) is 0 Å². The average Bonchev–Trinajstić information content (AvgIpc) is 2.43. The smallest absolute Gasteiger partial charge is 0.186 e. The maximum atomic E-state index is 11.1. The molecule has 0 spiro atoms. The molecule has 7 nitrogen and oxygen atoms in total. The fourth-order valence-corrected chi connectivity index (χ4v) is 1.95. The average molecular weight is 283 g/mol. The molecule has 1 aromatic rings. The molecule has 0 amide bonds. The van der Waals surface area contributed by atoms with E-state index in [0.717, 1.165) is 0 Å². The number of carbonyl (C=O) groups is 1. The largest absolute Gasteiger partial charge is 0.387 e. The van der Waals surface area contributed by atoms with Gasteiger partial charge in [0.2, 0.25) is 0 Å². The Kier molecular flexibility index (Phi) is 4.36. The maximum absolute atomic E-state index is 11.1. The highest BCUT2D eigenvalue weighted by molar-refractivity contribution is 5.94. The molecule has 1 fully saturated rings. The van der Waals surface area contributed by atoms with E-state index in [1.54, 1.807) is 24.3 Å². The molecule has 0 aliphatic carbocycles. The van der Waals surface area contributed by atoms with Gasteiger partial charge in [0.05, 0.1) is 0 Å². The van der Waals surface area contributed by atoms with E-state index in [1.165, 1.54) is 6.92 Å². The summed E-state index contributed by atoms with van der Waals surface area (Å²) < 4.78 is 4.98. The van der Waals surface area contributed by atoms with Gasteiger partial charge in [-0.25, -0.2) is 0 Å². The number of ether oxygens (including phenoxy) is 1. The van der Waals surface area contributed by atoms with Gasteiger partial charge in [0.1, 0.15) is 18.3 Å². The van der Waals surface area contributed by atoms with Crippen LogP contribution in [0.4, 0.5) is 5.69 Å². The van der Waals surface area contributed by atoms with E-state index >= 15 is 0 Å². The number of aliphatic hydroxyl groups is 4. The van der Waals surface area contributed by atoms with E-state index in [2.05, 4.69) is 5.32 Å². The lowest BCUT2D eigenvalue weighted by Crippen LogP contribution is -2.59. The Labute approximate surface area is 115 Å². The van der Waals surface area contributed by atoms with Crippen LogP contribution in [0.15, 0.2) is 24.3 Å². The molecule has 1 aliphatic rings. The van der Waals surface area contributed by atoms with Crippen LogP contribution in [0, 0.1) is 0 Å². The van der Waals surface area contributed by atoms with Crippen molar-refractivity contribution in [3.63, 3.8) is 0 Å². The Balaban J connectivity index is 2.07. The second kappa shape index (κ2) is 5.86. The first-order valence-electron chi connectivity index (χ1n) is 6.15. The van der Waals surface area contributed by atoms with Crippen LogP contribution in [0.3, 0.4) is 0 Å². The van der Waals surface area contributed by atoms with Crippen molar-refractivity contribution in [2.24, 2.45) is 0 Å². The van der Waals surface area contributed by atoms with E-state index in [-0.39, 0.29) is 5.78 Å². The van der Waals surface area contributed by atoms with Gasteiger partial charge in [-0.3, -0.25) is 4.79 Å². The van der Waals surface area contributed by atoms with Crippen LogP contribution in [-0.2, 0) is 4.74 Å². The normalized spacial score (nSPS) is 33.8. The fraction of sp³-hybridized carbons (Fsp3) is 0.462. The predicted molar refractivity (Wildman–Crippen MR) is 69.0 cm³/mol. The highest BCUT2D eigenvalue weighted by Gasteiger charge is 2.42. The molecule has 20 heavy (non-hydrogen) atoms. The topological polar surface area (TPSA) is 119 Å². The highest BCUT2D eigenvalue weighted by Crippen LogP contribution is 2.22. The SMILES string of the molecule is CC(=O)c1ccc(N[C@@H]2O[C@H](O)[C@H](O)[C@H](O)[C@@H]2O)cc1. The predicted octanol–water partition coefficient (Wildman–Crippen LogP) is -0.942. The van der Waals surface area contributed by atoms with Crippen molar-refractivity contribution in [3.05, 3.63) is 29.8 Å². The van der Waals surface area contributed by atoms with Gasteiger partial charge in [-0.15, -0.1) is 0 Å². The van der Waals surface area contributed by atoms with Gasteiger partial charge in [0.25, 0.3) is 0 Å². The van der Waals surface area contributed by atoms with Gasteiger partial charge in [-0.05, 0) is 31.2 Å². The lowest BCUT2D eigenvalue weighted by atomic mass is 10.0. The van der Waals surface area contributed by atoms with Crippen molar-refractivity contribution in [3.8, 4) is 0 Å². The quantitative estimate of drug-likeness (QED) is 0.454. The summed E-state index contributed by atoms with van der Waals surface area (Å²) in [5.74, 6) is -0.0699. The molecule has 1 heterocycles. The van der Waals surface area contributed by atoms with Crippen molar-refractivity contribution in [1.29, 1.82) is 0 Å². The number of ketones is 1. The molecule has 2 rings (SSSR count). The maximum Gasteiger partial charge on any atom is 0.186 e. The number of hydrogen-bond donors (Lipinski definition) is 5. The number of nitrogens with one attached hydrogen (secondary N) is 1. The Hall–Kier alpha value is -1.51. The number of carbonyl (C=O) groups excluding carboxylic acids is 1. The minimum absolute atomic E-state index is 0.0699. The second-order valence-electron chi connectivity index (χ2n) is 4.70. The number of Topliss-reactive ketones (excluding diaryl/α,β-unsaturated/α-hetero) is 1. The van der Waals surface area contributed by atoms with Crippen molar-refractivity contribution >= 4 is 11.5 Å². The third-order valence-corrected chi connectivity index (χ3v) is 3.19. The lowest BCUT2D eigenvalue weighted by molar-refractivity contribution is -0.275. The number of benzene rings is 1. The molecule has 110 valence electrons. The molecule has 0 bridgehead atoms. The zero-order valence-electron chi connectivity index (χ0n) is 10.8. The number of hydrogen-bond acceptors (Lipinski definition) is 7. The Morgan fingerprint density at radius 3 is 2.20 bits per heavy atom. The molecule has 0 saturated carbocycles. The van der Waals surface area contributed by atoms with Crippen LogP contribution in [-0.4, -0.2) is 57.0 Å². The van der Waals surface area contributed by atoms with E-state index in [1.807, 2.05) is 0 Å². The lowest BCUT2D eigenvalue weighted by Gasteiger charge is -2.38. The van der Waals surface area contributed by atoms with Gasteiger partial charge in [-0.2, -0.15) is 0 Å². The molecule has 1 aromatic carbocycles. The monoisotopic (exact) mass is 283 g/mol. The Morgan fingerprint density at radius 1 is 1.05 bits per heavy atom. The van der Waals surface area contributed by atoms with E-state index in [9.17, 15) is 25.2 Å². The van der Waals surface area contributed by atoms with Crippen molar-refractivity contribution in [1.82, 2.24) is 0 Å². The first-order chi connectivity index (χ1) is 9.40. The summed E-state index contributed by atoms with van der Waals surface area (Å²) in [4.78, 5) is 11.1. The highest BCUT2D eigenvalue weighted by atomic mass is 16.6. The van der Waals surface area contributed by atoms with Crippen LogP contribution < -0.4 is 5.32 Å². The summed E-state index contributed by atoms with van der Waals surface area (Å²) in [6.45, 7) is 1.45. The first kappa shape index (κ1) is 14.9. The molecule has 1 saturated heterocycles. The van der Waals surface area contributed by atoms with E-state index in [0.29, 0.717) is 11.3 Å². The molecule has 0 radical (unpaired) electrons. The van der Waals surface area contributed by atoms with E-state index < -0.39 is 30.8 Å². The summed E-state index contributed by atoms with van der Waals surface area (Å²) in [6, 6.07) is 6.41. The second-order valence-corrected chi connectivity index (χ2v) is 4.70. The summed E-state index contributed by atoms with van der Waals surface area (Å²) in [6.07, 6.45) is -7.16. The van der Waals surface area contributed by atoms with Crippen LogP contribution >= 0.6 is 0 Å².